The predicted molar refractivity (Wildman–Crippen MR) is 49.1 cm³/mol. The zero-order valence-corrected chi connectivity index (χ0v) is 8.43. The Balaban J connectivity index is 2.94. The van der Waals surface area contributed by atoms with Crippen LogP contribution in [0.1, 0.15) is 11.3 Å². The van der Waals surface area contributed by atoms with Gasteiger partial charge in [0.25, 0.3) is 0 Å². The molecule has 4 nitrogen and oxygen atoms in total. The molecule has 2 N–H and O–H groups in total. The van der Waals surface area contributed by atoms with Gasteiger partial charge in [0.2, 0.25) is 0 Å². The van der Waals surface area contributed by atoms with E-state index in [0.29, 0.717) is 0 Å². The Kier molecular flexibility index (Phi) is 3.58. The van der Waals surface area contributed by atoms with Gasteiger partial charge >= 0.3 is 12.3 Å². The quantitative estimate of drug-likeness (QED) is 0.797. The van der Waals surface area contributed by atoms with Crippen LogP contribution in [-0.2, 0) is 12.7 Å². The first-order chi connectivity index (χ1) is 7.29. The van der Waals surface area contributed by atoms with Gasteiger partial charge in [-0.25, -0.2) is 9.78 Å². The van der Waals surface area contributed by atoms with Gasteiger partial charge in [-0.1, -0.05) is 11.6 Å². The van der Waals surface area contributed by atoms with Crippen molar-refractivity contribution in [2.24, 2.45) is 0 Å². The van der Waals surface area contributed by atoms with Crippen LogP contribution in [0.25, 0.3) is 0 Å². The van der Waals surface area contributed by atoms with Gasteiger partial charge in [-0.05, 0) is 17.7 Å². The molecule has 0 fully saturated rings. The molecule has 1 aromatic rings. The van der Waals surface area contributed by atoms with E-state index in [-0.39, 0.29) is 17.3 Å². The first-order valence-corrected chi connectivity index (χ1v) is 4.37. The van der Waals surface area contributed by atoms with E-state index in [4.69, 9.17) is 16.7 Å². The van der Waals surface area contributed by atoms with Crippen LogP contribution in [-0.4, -0.2) is 16.2 Å². The van der Waals surface area contributed by atoms with E-state index in [1.54, 1.807) is 0 Å². The Morgan fingerprint density at radius 2 is 2.12 bits per heavy atom. The van der Waals surface area contributed by atoms with Gasteiger partial charge in [-0.15, -0.1) is 0 Å². The van der Waals surface area contributed by atoms with Crippen LogP contribution in [0.3, 0.4) is 0 Å². The van der Waals surface area contributed by atoms with Gasteiger partial charge < -0.3 is 10.4 Å². The second-order valence-corrected chi connectivity index (χ2v) is 3.23. The van der Waals surface area contributed by atoms with E-state index < -0.39 is 18.0 Å². The maximum Gasteiger partial charge on any atom is 0.433 e. The van der Waals surface area contributed by atoms with E-state index in [1.807, 2.05) is 5.32 Å². The van der Waals surface area contributed by atoms with Crippen LogP contribution < -0.4 is 5.32 Å². The van der Waals surface area contributed by atoms with Crippen LogP contribution in [0.15, 0.2) is 12.1 Å². The second kappa shape index (κ2) is 4.56. The maximum absolute atomic E-state index is 12.3. The number of aromatic nitrogens is 1. The minimum absolute atomic E-state index is 0.0923. The lowest BCUT2D eigenvalue weighted by Gasteiger charge is -2.08. The molecule has 1 rings (SSSR count). The number of pyridine rings is 1. The van der Waals surface area contributed by atoms with Crippen LogP contribution in [0.4, 0.5) is 18.0 Å². The molecule has 1 heterocycles. The third-order valence-electron chi connectivity index (χ3n) is 1.59. The van der Waals surface area contributed by atoms with Crippen molar-refractivity contribution in [2.45, 2.75) is 12.7 Å². The summed E-state index contributed by atoms with van der Waals surface area (Å²) in [5.41, 5.74) is -1.06. The maximum atomic E-state index is 12.3. The summed E-state index contributed by atoms with van der Waals surface area (Å²) < 4.78 is 36.9. The number of carboxylic acid groups (broad SMARTS) is 1. The van der Waals surface area contributed by atoms with Crippen molar-refractivity contribution in [2.75, 3.05) is 0 Å². The van der Waals surface area contributed by atoms with Gasteiger partial charge in [0.05, 0.1) is 0 Å². The molecule has 0 atom stereocenters. The number of hydrogen-bond acceptors (Lipinski definition) is 2. The summed E-state index contributed by atoms with van der Waals surface area (Å²) in [6.07, 6.45) is -5.94. The third kappa shape index (κ3) is 3.58. The molecule has 1 amide bonds. The highest BCUT2D eigenvalue weighted by Crippen LogP contribution is 2.29. The van der Waals surface area contributed by atoms with Gasteiger partial charge in [-0.2, -0.15) is 13.2 Å². The molecule has 0 aliphatic heterocycles. The number of rotatable bonds is 2. The fourth-order valence-electron chi connectivity index (χ4n) is 0.975. The molecule has 1 aromatic heterocycles. The molecule has 0 unspecified atom stereocenters. The van der Waals surface area contributed by atoms with Gasteiger partial charge in [-0.3, -0.25) is 0 Å². The molecule has 16 heavy (non-hydrogen) atoms. The molecule has 0 bridgehead atoms. The summed E-state index contributed by atoms with van der Waals surface area (Å²) >= 11 is 5.39. The molecule has 0 aliphatic rings. The number of alkyl halides is 3. The van der Waals surface area contributed by atoms with Gasteiger partial charge in [0.15, 0.2) is 0 Å². The predicted octanol–water partition coefficient (Wildman–Crippen LogP) is 2.52. The largest absolute Gasteiger partial charge is 0.465 e. The van der Waals surface area contributed by atoms with E-state index in [9.17, 15) is 18.0 Å². The number of nitrogens with zero attached hydrogens (tertiary/aromatic N) is 1. The Bertz CT molecular complexity index is 409. The van der Waals surface area contributed by atoms with Gasteiger partial charge in [0.1, 0.15) is 10.8 Å². The third-order valence-corrected chi connectivity index (χ3v) is 1.78. The zero-order valence-electron chi connectivity index (χ0n) is 7.68. The van der Waals surface area contributed by atoms with Crippen LogP contribution in [0.2, 0.25) is 5.15 Å². The minimum atomic E-state index is -4.61. The number of hydrogen-bond donors (Lipinski definition) is 2. The molecule has 0 aromatic carbocycles. The Morgan fingerprint density at radius 3 is 2.62 bits per heavy atom. The lowest BCUT2D eigenvalue weighted by atomic mass is 10.2. The molecule has 88 valence electrons. The normalized spacial score (nSPS) is 11.2. The lowest BCUT2D eigenvalue weighted by Crippen LogP contribution is -2.20. The number of nitrogens with one attached hydrogen (secondary N) is 1. The fourth-order valence-corrected chi connectivity index (χ4v) is 1.21. The Labute approximate surface area is 93.1 Å². The summed E-state index contributed by atoms with van der Waals surface area (Å²) in [5.74, 6) is 0. The lowest BCUT2D eigenvalue weighted by molar-refractivity contribution is -0.141. The van der Waals surface area contributed by atoms with Crippen molar-refractivity contribution >= 4 is 17.7 Å². The first-order valence-electron chi connectivity index (χ1n) is 3.99. The molecule has 0 saturated carbocycles. The van der Waals surface area contributed by atoms with Crippen LogP contribution in [0, 0.1) is 0 Å². The summed E-state index contributed by atoms with van der Waals surface area (Å²) in [4.78, 5) is 13.3. The highest BCUT2D eigenvalue weighted by atomic mass is 35.5. The van der Waals surface area contributed by atoms with Crippen molar-refractivity contribution in [3.8, 4) is 0 Å². The minimum Gasteiger partial charge on any atom is -0.465 e. The number of carbonyl (C=O) groups is 1. The Hall–Kier alpha value is -1.50. The Morgan fingerprint density at radius 1 is 1.50 bits per heavy atom. The van der Waals surface area contributed by atoms with Crippen molar-refractivity contribution in [1.29, 1.82) is 0 Å². The van der Waals surface area contributed by atoms with Crippen LogP contribution in [0.5, 0.6) is 0 Å². The molecule has 8 heteroatoms. The molecule has 0 aliphatic carbocycles. The monoisotopic (exact) mass is 254 g/mol. The smallest absolute Gasteiger partial charge is 0.433 e. The van der Waals surface area contributed by atoms with E-state index in [0.717, 1.165) is 12.1 Å². The first kappa shape index (κ1) is 12.6. The van der Waals surface area contributed by atoms with Crippen LogP contribution >= 0.6 is 11.6 Å². The molecule has 0 spiro atoms. The average molecular weight is 255 g/mol. The topological polar surface area (TPSA) is 62.2 Å². The number of halogens is 4. The van der Waals surface area contributed by atoms with E-state index in [1.165, 1.54) is 0 Å². The summed E-state index contributed by atoms with van der Waals surface area (Å²) in [5, 5.41) is 9.89. The molecule has 0 saturated heterocycles. The summed E-state index contributed by atoms with van der Waals surface area (Å²) in [6, 6.07) is 1.90. The van der Waals surface area contributed by atoms with Crippen molar-refractivity contribution < 1.29 is 23.1 Å². The molecular weight excluding hydrogens is 249 g/mol. The average Bonchev–Trinajstić information content (AvgIpc) is 2.12. The molecular formula is C8H6ClF3N2O2. The molecule has 0 radical (unpaired) electrons. The van der Waals surface area contributed by atoms with Crippen molar-refractivity contribution in [1.82, 2.24) is 10.3 Å². The van der Waals surface area contributed by atoms with Crippen molar-refractivity contribution in [3.63, 3.8) is 0 Å². The highest BCUT2D eigenvalue weighted by Gasteiger charge is 2.33. The standard InChI is InChI=1S/C8H6ClF3N2O2/c9-6-2-4(3-13-7(15)16)1-5(14-6)8(10,11)12/h1-2,13H,3H2,(H,15,16). The number of amides is 1. The van der Waals surface area contributed by atoms with E-state index in [2.05, 4.69) is 4.98 Å². The summed E-state index contributed by atoms with van der Waals surface area (Å²) in [7, 11) is 0. The fraction of sp³-hybridized carbons (Fsp3) is 0.250. The SMILES string of the molecule is O=C(O)NCc1cc(Cl)nc(C(F)(F)F)c1. The van der Waals surface area contributed by atoms with Gasteiger partial charge in [0, 0.05) is 6.54 Å². The second-order valence-electron chi connectivity index (χ2n) is 2.84. The highest BCUT2D eigenvalue weighted by molar-refractivity contribution is 6.29. The summed E-state index contributed by atoms with van der Waals surface area (Å²) in [6.45, 7) is -0.263. The van der Waals surface area contributed by atoms with E-state index >= 15 is 0 Å². The van der Waals surface area contributed by atoms with Crippen molar-refractivity contribution in [3.05, 3.63) is 28.5 Å². The zero-order chi connectivity index (χ0) is 12.3.